The molecule has 0 aliphatic heterocycles. The van der Waals surface area contributed by atoms with Gasteiger partial charge in [-0.1, -0.05) is 17.7 Å². The number of hydrogen-bond donors (Lipinski definition) is 1. The van der Waals surface area contributed by atoms with E-state index in [1.165, 1.54) is 6.07 Å². The van der Waals surface area contributed by atoms with Crippen LogP contribution in [0.5, 0.6) is 0 Å². The fraction of sp³-hybridized carbons (Fsp3) is 0.214. The van der Waals surface area contributed by atoms with Crippen molar-refractivity contribution in [3.05, 3.63) is 58.6 Å². The Balaban J connectivity index is 1.92. The molecule has 0 fully saturated rings. The normalized spacial score (nSPS) is 10.4. The van der Waals surface area contributed by atoms with Crippen LogP contribution in [0.25, 0.3) is 0 Å². The molecule has 1 heterocycles. The minimum Gasteiger partial charge on any atom is -0.385 e. The quantitative estimate of drug-likeness (QED) is 0.849. The Morgan fingerprint density at radius 3 is 2.83 bits per heavy atom. The monoisotopic (exact) mass is 264 g/mol. The first kappa shape index (κ1) is 12.8. The Hall–Kier alpha value is -1.61. The van der Waals surface area contributed by atoms with Gasteiger partial charge in [0.15, 0.2) is 0 Å². The molecule has 0 aliphatic carbocycles. The van der Waals surface area contributed by atoms with Gasteiger partial charge in [0, 0.05) is 18.4 Å². The number of pyridine rings is 1. The first-order valence-electron chi connectivity index (χ1n) is 5.75. The third-order valence-electron chi connectivity index (χ3n) is 2.75. The third-order valence-corrected chi connectivity index (χ3v) is 2.96. The number of anilines is 1. The van der Waals surface area contributed by atoms with Crippen LogP contribution in [0, 0.1) is 12.7 Å². The van der Waals surface area contributed by atoms with Gasteiger partial charge in [0.25, 0.3) is 0 Å². The first-order chi connectivity index (χ1) is 8.65. The van der Waals surface area contributed by atoms with Crippen LogP contribution >= 0.6 is 11.6 Å². The average Bonchev–Trinajstić information content (AvgIpc) is 2.32. The lowest BCUT2D eigenvalue weighted by molar-refractivity contribution is 0.625. The van der Waals surface area contributed by atoms with Crippen molar-refractivity contribution >= 4 is 17.3 Å². The topological polar surface area (TPSA) is 24.9 Å². The van der Waals surface area contributed by atoms with Crippen LogP contribution < -0.4 is 5.32 Å². The lowest BCUT2D eigenvalue weighted by Gasteiger charge is -2.08. The van der Waals surface area contributed by atoms with E-state index in [1.54, 1.807) is 18.3 Å². The Kier molecular flexibility index (Phi) is 4.15. The molecule has 94 valence electrons. The van der Waals surface area contributed by atoms with E-state index >= 15 is 0 Å². The summed E-state index contributed by atoms with van der Waals surface area (Å²) in [6, 6.07) is 8.51. The van der Waals surface area contributed by atoms with Gasteiger partial charge in [0.1, 0.15) is 11.0 Å². The van der Waals surface area contributed by atoms with Crippen LogP contribution in [0.3, 0.4) is 0 Å². The molecule has 0 radical (unpaired) electrons. The van der Waals surface area contributed by atoms with Crippen molar-refractivity contribution < 1.29 is 4.39 Å². The van der Waals surface area contributed by atoms with Crippen molar-refractivity contribution in [3.63, 3.8) is 0 Å². The number of hydrogen-bond acceptors (Lipinski definition) is 2. The highest BCUT2D eigenvalue weighted by atomic mass is 35.5. The third kappa shape index (κ3) is 3.44. The molecule has 0 aliphatic rings. The van der Waals surface area contributed by atoms with Gasteiger partial charge in [0.05, 0.1) is 0 Å². The van der Waals surface area contributed by atoms with Crippen LogP contribution in [0.4, 0.5) is 10.1 Å². The van der Waals surface area contributed by atoms with Crippen molar-refractivity contribution in [1.82, 2.24) is 4.98 Å². The van der Waals surface area contributed by atoms with Crippen molar-refractivity contribution in [2.75, 3.05) is 11.9 Å². The van der Waals surface area contributed by atoms with E-state index in [4.69, 9.17) is 11.6 Å². The highest BCUT2D eigenvalue weighted by Crippen LogP contribution is 2.13. The van der Waals surface area contributed by atoms with E-state index in [0.717, 1.165) is 29.8 Å². The molecule has 0 spiro atoms. The summed E-state index contributed by atoms with van der Waals surface area (Å²) in [7, 11) is 0. The van der Waals surface area contributed by atoms with Crippen LogP contribution in [0.2, 0.25) is 5.15 Å². The van der Waals surface area contributed by atoms with E-state index in [0.29, 0.717) is 5.15 Å². The zero-order valence-electron chi connectivity index (χ0n) is 10.1. The molecule has 4 heteroatoms. The second-order valence-corrected chi connectivity index (χ2v) is 4.50. The largest absolute Gasteiger partial charge is 0.385 e. The zero-order valence-corrected chi connectivity index (χ0v) is 10.8. The number of aromatic nitrogens is 1. The zero-order chi connectivity index (χ0) is 13.0. The molecule has 0 atom stereocenters. The Morgan fingerprint density at radius 1 is 1.28 bits per heavy atom. The minimum absolute atomic E-state index is 0.190. The summed E-state index contributed by atoms with van der Waals surface area (Å²) >= 11 is 5.79. The number of nitrogens with zero attached hydrogens (tertiary/aromatic N) is 1. The van der Waals surface area contributed by atoms with Crippen LogP contribution in [-0.4, -0.2) is 11.5 Å². The van der Waals surface area contributed by atoms with E-state index in [-0.39, 0.29) is 5.82 Å². The van der Waals surface area contributed by atoms with Gasteiger partial charge < -0.3 is 5.32 Å². The highest BCUT2D eigenvalue weighted by Gasteiger charge is 2.00. The predicted molar refractivity (Wildman–Crippen MR) is 72.6 cm³/mol. The van der Waals surface area contributed by atoms with Gasteiger partial charge in [-0.2, -0.15) is 0 Å². The molecule has 2 rings (SSSR count). The van der Waals surface area contributed by atoms with E-state index in [2.05, 4.69) is 10.3 Å². The Labute approximate surface area is 111 Å². The molecular weight excluding hydrogens is 251 g/mol. The summed E-state index contributed by atoms with van der Waals surface area (Å²) in [5, 5.41) is 3.73. The smallest absolute Gasteiger partial charge is 0.131 e. The summed E-state index contributed by atoms with van der Waals surface area (Å²) in [4.78, 5) is 3.91. The number of nitrogens with one attached hydrogen (secondary N) is 1. The Morgan fingerprint density at radius 2 is 2.11 bits per heavy atom. The summed E-state index contributed by atoms with van der Waals surface area (Å²) in [6.45, 7) is 2.69. The minimum atomic E-state index is -0.190. The Bertz CT molecular complexity index is 543. The maximum atomic E-state index is 12.9. The molecule has 0 amide bonds. The van der Waals surface area contributed by atoms with Crippen LogP contribution in [-0.2, 0) is 6.42 Å². The SMILES string of the molecule is Cc1cc(F)ccc1CCNc1ccnc(Cl)c1. The molecular formula is C14H14ClFN2. The molecule has 2 nitrogen and oxygen atoms in total. The summed E-state index contributed by atoms with van der Waals surface area (Å²) < 4.78 is 12.9. The summed E-state index contributed by atoms with van der Waals surface area (Å²) in [5.41, 5.74) is 3.06. The second-order valence-electron chi connectivity index (χ2n) is 4.11. The lowest BCUT2D eigenvalue weighted by atomic mass is 10.1. The molecule has 0 bridgehead atoms. The fourth-order valence-electron chi connectivity index (χ4n) is 1.79. The standard InChI is InChI=1S/C14H14ClFN2/c1-10-8-12(16)3-2-11(10)4-6-17-13-5-7-18-14(15)9-13/h2-3,5,7-9H,4,6H2,1H3,(H,17,18). The van der Waals surface area contributed by atoms with Crippen LogP contribution in [0.15, 0.2) is 36.5 Å². The fourth-order valence-corrected chi connectivity index (χ4v) is 1.97. The van der Waals surface area contributed by atoms with Gasteiger partial charge in [-0.15, -0.1) is 0 Å². The number of rotatable bonds is 4. The van der Waals surface area contributed by atoms with Gasteiger partial charge in [0.2, 0.25) is 0 Å². The number of halogens is 2. The lowest BCUT2D eigenvalue weighted by Crippen LogP contribution is -2.06. The van der Waals surface area contributed by atoms with E-state index in [1.807, 2.05) is 19.1 Å². The summed E-state index contributed by atoms with van der Waals surface area (Å²) in [5.74, 6) is -0.190. The number of benzene rings is 1. The van der Waals surface area contributed by atoms with E-state index in [9.17, 15) is 4.39 Å². The van der Waals surface area contributed by atoms with Crippen molar-refractivity contribution in [2.24, 2.45) is 0 Å². The molecule has 0 saturated carbocycles. The molecule has 0 unspecified atom stereocenters. The molecule has 1 aromatic heterocycles. The maximum absolute atomic E-state index is 12.9. The van der Waals surface area contributed by atoms with E-state index < -0.39 is 0 Å². The van der Waals surface area contributed by atoms with Crippen LogP contribution in [0.1, 0.15) is 11.1 Å². The van der Waals surface area contributed by atoms with Gasteiger partial charge in [-0.25, -0.2) is 9.37 Å². The van der Waals surface area contributed by atoms with Crippen molar-refractivity contribution in [3.8, 4) is 0 Å². The second kappa shape index (κ2) is 5.83. The molecule has 2 aromatic rings. The van der Waals surface area contributed by atoms with Gasteiger partial charge >= 0.3 is 0 Å². The first-order valence-corrected chi connectivity index (χ1v) is 6.13. The molecule has 1 N–H and O–H groups in total. The number of aryl methyl sites for hydroxylation is 1. The average molecular weight is 265 g/mol. The molecule has 0 saturated heterocycles. The summed E-state index contributed by atoms with van der Waals surface area (Å²) in [6.07, 6.45) is 2.50. The van der Waals surface area contributed by atoms with Gasteiger partial charge in [-0.3, -0.25) is 0 Å². The maximum Gasteiger partial charge on any atom is 0.131 e. The molecule has 18 heavy (non-hydrogen) atoms. The van der Waals surface area contributed by atoms with Gasteiger partial charge in [-0.05, 0) is 48.7 Å². The van der Waals surface area contributed by atoms with Crippen molar-refractivity contribution in [2.45, 2.75) is 13.3 Å². The van der Waals surface area contributed by atoms with Crippen molar-refractivity contribution in [1.29, 1.82) is 0 Å². The molecule has 1 aromatic carbocycles. The predicted octanol–water partition coefficient (Wildman–Crippen LogP) is 3.84. The highest BCUT2D eigenvalue weighted by molar-refractivity contribution is 6.29.